The predicted molar refractivity (Wildman–Crippen MR) is 63.8 cm³/mol. The van der Waals surface area contributed by atoms with Gasteiger partial charge in [0.05, 0.1) is 18.9 Å². The van der Waals surface area contributed by atoms with Gasteiger partial charge in [-0.15, -0.1) is 0 Å². The van der Waals surface area contributed by atoms with Crippen molar-refractivity contribution in [2.24, 2.45) is 4.99 Å². The van der Waals surface area contributed by atoms with E-state index in [0.717, 1.165) is 33.0 Å². The van der Waals surface area contributed by atoms with Crippen molar-refractivity contribution < 1.29 is 4.74 Å². The van der Waals surface area contributed by atoms with Crippen LogP contribution in [0.4, 0.5) is 5.69 Å². The van der Waals surface area contributed by atoms with Crippen LogP contribution in [0.15, 0.2) is 29.3 Å². The minimum absolute atomic E-state index is 0.719. The van der Waals surface area contributed by atoms with Crippen LogP contribution in [0.5, 0.6) is 0 Å². The Morgan fingerprint density at radius 1 is 1.12 bits per heavy atom. The summed E-state index contributed by atoms with van der Waals surface area (Å²) in [7, 11) is 0. The molecule has 0 unspecified atom stereocenters. The fourth-order valence-corrected chi connectivity index (χ4v) is 2.16. The van der Waals surface area contributed by atoms with Gasteiger partial charge in [-0.25, -0.2) is 5.01 Å². The number of ether oxygens (including phenoxy) is 1. The molecule has 0 aromatic heterocycles. The number of fused-ring (bicyclic) bond motifs is 1. The van der Waals surface area contributed by atoms with Gasteiger partial charge in [0.15, 0.2) is 0 Å². The van der Waals surface area contributed by atoms with E-state index in [1.165, 1.54) is 11.3 Å². The quantitative estimate of drug-likeness (QED) is 0.706. The minimum atomic E-state index is 0.719. The molecular weight excluding hydrogens is 202 g/mol. The van der Waals surface area contributed by atoms with E-state index < -0.39 is 0 Å². The molecule has 4 heteroatoms. The van der Waals surface area contributed by atoms with Gasteiger partial charge in [0, 0.05) is 24.9 Å². The first kappa shape index (κ1) is 9.81. The van der Waals surface area contributed by atoms with Crippen molar-refractivity contribution in [1.29, 1.82) is 0 Å². The van der Waals surface area contributed by atoms with E-state index in [-0.39, 0.29) is 0 Å². The number of morpholine rings is 1. The summed E-state index contributed by atoms with van der Waals surface area (Å²) in [5.74, 6) is 0. The fraction of sp³-hybridized carbons (Fsp3) is 0.417. The van der Waals surface area contributed by atoms with Gasteiger partial charge >= 0.3 is 0 Å². The van der Waals surface area contributed by atoms with Crippen LogP contribution in [-0.2, 0) is 4.74 Å². The molecule has 1 aromatic rings. The molecule has 0 saturated carbocycles. The molecule has 2 heterocycles. The van der Waals surface area contributed by atoms with Crippen LogP contribution in [0.25, 0.3) is 0 Å². The Labute approximate surface area is 95.1 Å². The molecule has 0 amide bonds. The minimum Gasteiger partial charge on any atom is -0.379 e. The molecule has 4 nitrogen and oxygen atoms in total. The standard InChI is InChI=1S/C12H15N3O/c1-2-4-12-11(3-1)9-13-10-15(12)14-5-7-16-8-6-14/h1-4,9H,5-8,10H2. The highest BCUT2D eigenvalue weighted by Gasteiger charge is 2.21. The second-order valence-corrected chi connectivity index (χ2v) is 3.98. The molecule has 1 saturated heterocycles. The van der Waals surface area contributed by atoms with Crippen molar-refractivity contribution >= 4 is 11.9 Å². The highest BCUT2D eigenvalue weighted by molar-refractivity contribution is 5.89. The summed E-state index contributed by atoms with van der Waals surface area (Å²) in [5, 5.41) is 4.57. The zero-order valence-corrected chi connectivity index (χ0v) is 9.17. The lowest BCUT2D eigenvalue weighted by molar-refractivity contribution is 0.0318. The maximum atomic E-state index is 5.37. The molecule has 3 rings (SSSR count). The Morgan fingerprint density at radius 2 is 1.94 bits per heavy atom. The SMILES string of the molecule is C1=NCN(N2CCOCC2)c2ccccc21. The zero-order valence-electron chi connectivity index (χ0n) is 9.17. The Balaban J connectivity index is 1.88. The van der Waals surface area contributed by atoms with Crippen LogP contribution in [0, 0.1) is 0 Å². The maximum Gasteiger partial charge on any atom is 0.125 e. The Morgan fingerprint density at radius 3 is 2.81 bits per heavy atom. The van der Waals surface area contributed by atoms with Gasteiger partial charge < -0.3 is 4.74 Å². The van der Waals surface area contributed by atoms with E-state index in [9.17, 15) is 0 Å². The number of anilines is 1. The third-order valence-electron chi connectivity index (χ3n) is 2.99. The first-order valence-corrected chi connectivity index (χ1v) is 5.64. The van der Waals surface area contributed by atoms with Crippen LogP contribution in [-0.4, -0.2) is 44.2 Å². The Kier molecular flexibility index (Phi) is 2.60. The summed E-state index contributed by atoms with van der Waals surface area (Å²) in [5.41, 5.74) is 2.44. The molecule has 2 aliphatic heterocycles. The molecule has 0 N–H and O–H groups in total. The van der Waals surface area contributed by atoms with Gasteiger partial charge in [-0.05, 0) is 6.07 Å². The van der Waals surface area contributed by atoms with Crippen LogP contribution < -0.4 is 5.01 Å². The van der Waals surface area contributed by atoms with E-state index in [1.807, 2.05) is 12.3 Å². The number of hydrazine groups is 1. The van der Waals surface area contributed by atoms with Crippen molar-refractivity contribution in [3.63, 3.8) is 0 Å². The highest BCUT2D eigenvalue weighted by Crippen LogP contribution is 2.23. The smallest absolute Gasteiger partial charge is 0.125 e. The molecule has 84 valence electrons. The predicted octanol–water partition coefficient (Wildman–Crippen LogP) is 1.13. The Bertz CT molecular complexity index is 399. The van der Waals surface area contributed by atoms with Crippen molar-refractivity contribution in [2.75, 3.05) is 38.0 Å². The lowest BCUT2D eigenvalue weighted by atomic mass is 10.1. The monoisotopic (exact) mass is 217 g/mol. The second kappa shape index (κ2) is 4.23. The molecule has 0 atom stereocenters. The van der Waals surface area contributed by atoms with Crippen molar-refractivity contribution in [3.05, 3.63) is 29.8 Å². The number of hydrogen-bond donors (Lipinski definition) is 0. The summed E-state index contributed by atoms with van der Waals surface area (Å²) in [4.78, 5) is 4.39. The molecule has 0 radical (unpaired) electrons. The molecule has 0 bridgehead atoms. The summed E-state index contributed by atoms with van der Waals surface area (Å²) >= 11 is 0. The highest BCUT2D eigenvalue weighted by atomic mass is 16.5. The van der Waals surface area contributed by atoms with Gasteiger partial charge in [-0.1, -0.05) is 18.2 Å². The van der Waals surface area contributed by atoms with E-state index in [1.54, 1.807) is 0 Å². The van der Waals surface area contributed by atoms with Crippen LogP contribution in [0.3, 0.4) is 0 Å². The van der Waals surface area contributed by atoms with Crippen LogP contribution >= 0.6 is 0 Å². The summed E-state index contributed by atoms with van der Waals surface area (Å²) in [6, 6.07) is 8.38. The van der Waals surface area contributed by atoms with Crippen molar-refractivity contribution in [2.45, 2.75) is 0 Å². The average molecular weight is 217 g/mol. The molecular formula is C12H15N3O. The third kappa shape index (κ3) is 1.70. The number of hydrogen-bond acceptors (Lipinski definition) is 4. The summed E-state index contributed by atoms with van der Waals surface area (Å²) in [6.07, 6.45) is 1.95. The normalized spacial score (nSPS) is 20.9. The number of aliphatic imine (C=N–C) groups is 1. The maximum absolute atomic E-state index is 5.37. The van der Waals surface area contributed by atoms with Crippen LogP contribution in [0.1, 0.15) is 5.56 Å². The summed E-state index contributed by atoms with van der Waals surface area (Å²) < 4.78 is 5.37. The second-order valence-electron chi connectivity index (χ2n) is 3.98. The van der Waals surface area contributed by atoms with Crippen molar-refractivity contribution in [3.8, 4) is 0 Å². The molecule has 2 aliphatic rings. The lowest BCUT2D eigenvalue weighted by Crippen LogP contribution is -2.50. The third-order valence-corrected chi connectivity index (χ3v) is 2.99. The first-order chi connectivity index (χ1) is 7.95. The number of rotatable bonds is 1. The Hall–Kier alpha value is -1.39. The van der Waals surface area contributed by atoms with Gasteiger partial charge in [-0.2, -0.15) is 0 Å². The average Bonchev–Trinajstić information content (AvgIpc) is 2.39. The van der Waals surface area contributed by atoms with Gasteiger partial charge in [-0.3, -0.25) is 10.0 Å². The first-order valence-electron chi connectivity index (χ1n) is 5.64. The molecule has 1 fully saturated rings. The lowest BCUT2D eigenvalue weighted by Gasteiger charge is -2.39. The largest absolute Gasteiger partial charge is 0.379 e. The van der Waals surface area contributed by atoms with Gasteiger partial charge in [0.1, 0.15) is 6.67 Å². The number of para-hydroxylation sites is 1. The van der Waals surface area contributed by atoms with Crippen LogP contribution in [0.2, 0.25) is 0 Å². The van der Waals surface area contributed by atoms with E-state index in [0.29, 0.717) is 0 Å². The topological polar surface area (TPSA) is 28.1 Å². The van der Waals surface area contributed by atoms with E-state index >= 15 is 0 Å². The van der Waals surface area contributed by atoms with Gasteiger partial charge in [0.25, 0.3) is 0 Å². The zero-order chi connectivity index (χ0) is 10.8. The molecule has 16 heavy (non-hydrogen) atoms. The number of benzene rings is 1. The van der Waals surface area contributed by atoms with Gasteiger partial charge in [0.2, 0.25) is 0 Å². The fourth-order valence-electron chi connectivity index (χ4n) is 2.16. The van der Waals surface area contributed by atoms with E-state index in [2.05, 4.69) is 33.2 Å². The molecule has 0 spiro atoms. The van der Waals surface area contributed by atoms with Crippen molar-refractivity contribution in [1.82, 2.24) is 5.01 Å². The molecule has 0 aliphatic carbocycles. The summed E-state index contributed by atoms with van der Waals surface area (Å²) in [6.45, 7) is 4.23. The number of nitrogens with zero attached hydrogens (tertiary/aromatic N) is 3. The molecule has 1 aromatic carbocycles. The van der Waals surface area contributed by atoms with E-state index in [4.69, 9.17) is 4.74 Å².